The van der Waals surface area contributed by atoms with Gasteiger partial charge in [0.2, 0.25) is 0 Å². The maximum Gasteiger partial charge on any atom is 0.251 e. The molecule has 0 aliphatic carbocycles. The smallest absolute Gasteiger partial charge is 0.251 e. The third-order valence-electron chi connectivity index (χ3n) is 5.39. The molecule has 1 aliphatic rings. The van der Waals surface area contributed by atoms with Crippen molar-refractivity contribution in [1.29, 1.82) is 0 Å². The standard InChI is InChI=1S/C26H28N2O3/c29-26(24-4-2-1-3-5-24)27-15-14-21-6-8-22(9-7-21)23-10-12-25(13-11-23)31-20-28-16-18-30-19-17-28/h1-13H,14-20H2,(H,27,29). The molecule has 0 aromatic heterocycles. The molecule has 5 nitrogen and oxygen atoms in total. The molecule has 1 fully saturated rings. The van der Waals surface area contributed by atoms with E-state index in [1.807, 2.05) is 42.5 Å². The fraction of sp³-hybridized carbons (Fsp3) is 0.269. The molecule has 4 rings (SSSR count). The van der Waals surface area contributed by atoms with Gasteiger partial charge in [0.05, 0.1) is 13.2 Å². The summed E-state index contributed by atoms with van der Waals surface area (Å²) in [5.74, 6) is 0.842. The van der Waals surface area contributed by atoms with Gasteiger partial charge in [0.25, 0.3) is 5.91 Å². The molecule has 160 valence electrons. The number of carbonyl (C=O) groups excluding carboxylic acids is 1. The first-order valence-electron chi connectivity index (χ1n) is 10.7. The zero-order valence-corrected chi connectivity index (χ0v) is 17.6. The van der Waals surface area contributed by atoms with Crippen LogP contribution in [0.2, 0.25) is 0 Å². The summed E-state index contributed by atoms with van der Waals surface area (Å²) in [6, 6.07) is 26.0. The molecule has 0 spiro atoms. The Kier molecular flexibility index (Phi) is 7.32. The predicted molar refractivity (Wildman–Crippen MR) is 122 cm³/mol. The Morgan fingerprint density at radius 2 is 1.52 bits per heavy atom. The number of hydrogen-bond donors (Lipinski definition) is 1. The van der Waals surface area contributed by atoms with E-state index in [0.717, 1.165) is 49.6 Å². The molecule has 3 aromatic carbocycles. The van der Waals surface area contributed by atoms with Gasteiger partial charge in [0.15, 0.2) is 0 Å². The number of nitrogens with zero attached hydrogens (tertiary/aromatic N) is 1. The molecule has 0 unspecified atom stereocenters. The SMILES string of the molecule is O=C(NCCc1ccc(-c2ccc(OCN3CCOCC3)cc2)cc1)c1ccccc1. The van der Waals surface area contributed by atoms with Crippen LogP contribution in [0.4, 0.5) is 0 Å². The maximum absolute atomic E-state index is 12.1. The van der Waals surface area contributed by atoms with Gasteiger partial charge in [0.1, 0.15) is 12.5 Å². The van der Waals surface area contributed by atoms with Crippen molar-refractivity contribution < 1.29 is 14.3 Å². The second-order valence-corrected chi connectivity index (χ2v) is 7.60. The van der Waals surface area contributed by atoms with Gasteiger partial charge in [0, 0.05) is 25.2 Å². The molecule has 1 amide bonds. The van der Waals surface area contributed by atoms with Crippen LogP contribution in [0, 0.1) is 0 Å². The highest BCUT2D eigenvalue weighted by molar-refractivity contribution is 5.94. The van der Waals surface area contributed by atoms with E-state index in [2.05, 4.69) is 46.6 Å². The molecule has 0 radical (unpaired) electrons. The van der Waals surface area contributed by atoms with Crippen LogP contribution < -0.4 is 10.1 Å². The zero-order chi connectivity index (χ0) is 21.3. The van der Waals surface area contributed by atoms with E-state index in [-0.39, 0.29) is 5.91 Å². The number of morpholine rings is 1. The van der Waals surface area contributed by atoms with E-state index in [1.165, 1.54) is 5.56 Å². The summed E-state index contributed by atoms with van der Waals surface area (Å²) < 4.78 is 11.2. The third-order valence-corrected chi connectivity index (χ3v) is 5.39. The van der Waals surface area contributed by atoms with E-state index >= 15 is 0 Å². The highest BCUT2D eigenvalue weighted by atomic mass is 16.5. The lowest BCUT2D eigenvalue weighted by atomic mass is 10.0. The molecule has 1 heterocycles. The predicted octanol–water partition coefficient (Wildman–Crippen LogP) is 3.99. The molecule has 0 saturated carbocycles. The number of nitrogens with one attached hydrogen (secondary N) is 1. The first kappa shape index (κ1) is 21.1. The van der Waals surface area contributed by atoms with Gasteiger partial charge in [-0.3, -0.25) is 9.69 Å². The van der Waals surface area contributed by atoms with Crippen molar-refractivity contribution in [2.45, 2.75) is 6.42 Å². The molecule has 1 saturated heterocycles. The van der Waals surface area contributed by atoms with Crippen LogP contribution in [0.15, 0.2) is 78.9 Å². The van der Waals surface area contributed by atoms with Crippen molar-refractivity contribution in [3.63, 3.8) is 0 Å². The Bertz CT molecular complexity index is 950. The van der Waals surface area contributed by atoms with Crippen LogP contribution in [-0.4, -0.2) is 50.4 Å². The van der Waals surface area contributed by atoms with Gasteiger partial charge in [-0.2, -0.15) is 0 Å². The van der Waals surface area contributed by atoms with Gasteiger partial charge in [-0.05, 0) is 47.4 Å². The van der Waals surface area contributed by atoms with Crippen molar-refractivity contribution in [3.8, 4) is 16.9 Å². The summed E-state index contributed by atoms with van der Waals surface area (Å²) in [6.07, 6.45) is 0.799. The Balaban J connectivity index is 1.25. The Labute approximate surface area is 183 Å². The summed E-state index contributed by atoms with van der Waals surface area (Å²) >= 11 is 0. The van der Waals surface area contributed by atoms with Crippen molar-refractivity contribution >= 4 is 5.91 Å². The summed E-state index contributed by atoms with van der Waals surface area (Å²) in [7, 11) is 0. The van der Waals surface area contributed by atoms with Crippen molar-refractivity contribution in [1.82, 2.24) is 10.2 Å². The quantitative estimate of drug-likeness (QED) is 0.603. The van der Waals surface area contributed by atoms with E-state index in [1.54, 1.807) is 0 Å². The fourth-order valence-corrected chi connectivity index (χ4v) is 3.52. The van der Waals surface area contributed by atoms with Crippen molar-refractivity contribution in [3.05, 3.63) is 90.0 Å². The van der Waals surface area contributed by atoms with Crippen LogP contribution >= 0.6 is 0 Å². The first-order chi connectivity index (χ1) is 15.3. The molecule has 1 N–H and O–H groups in total. The van der Waals surface area contributed by atoms with Crippen molar-refractivity contribution in [2.75, 3.05) is 39.6 Å². The Morgan fingerprint density at radius 1 is 0.871 bits per heavy atom. The normalized spacial score (nSPS) is 14.2. The lowest BCUT2D eigenvalue weighted by Gasteiger charge is -2.26. The summed E-state index contributed by atoms with van der Waals surface area (Å²) in [5, 5.41) is 2.97. The number of rotatable bonds is 8. The van der Waals surface area contributed by atoms with Crippen LogP contribution in [0.1, 0.15) is 15.9 Å². The Morgan fingerprint density at radius 3 is 2.19 bits per heavy atom. The minimum absolute atomic E-state index is 0.0341. The van der Waals surface area contributed by atoms with Crippen LogP contribution in [0.25, 0.3) is 11.1 Å². The number of hydrogen-bond acceptors (Lipinski definition) is 4. The largest absolute Gasteiger partial charge is 0.478 e. The summed E-state index contributed by atoms with van der Waals surface area (Å²) in [6.45, 7) is 4.59. The van der Waals surface area contributed by atoms with E-state index in [0.29, 0.717) is 18.8 Å². The van der Waals surface area contributed by atoms with Crippen LogP contribution in [0.3, 0.4) is 0 Å². The minimum Gasteiger partial charge on any atom is -0.478 e. The number of benzene rings is 3. The molecule has 0 bridgehead atoms. The van der Waals surface area contributed by atoms with Crippen LogP contribution in [-0.2, 0) is 11.2 Å². The maximum atomic E-state index is 12.1. The van der Waals surface area contributed by atoms with Gasteiger partial charge in [-0.1, -0.05) is 54.6 Å². The minimum atomic E-state index is -0.0341. The van der Waals surface area contributed by atoms with Gasteiger partial charge >= 0.3 is 0 Å². The molecule has 1 aliphatic heterocycles. The molecule has 31 heavy (non-hydrogen) atoms. The summed E-state index contributed by atoms with van der Waals surface area (Å²) in [5.41, 5.74) is 4.21. The molecule has 3 aromatic rings. The molecule has 0 atom stereocenters. The molecule has 5 heteroatoms. The topological polar surface area (TPSA) is 50.8 Å². The monoisotopic (exact) mass is 416 g/mol. The first-order valence-corrected chi connectivity index (χ1v) is 10.7. The lowest BCUT2D eigenvalue weighted by molar-refractivity contribution is 0.00408. The van der Waals surface area contributed by atoms with Crippen molar-refractivity contribution in [2.24, 2.45) is 0 Å². The van der Waals surface area contributed by atoms with E-state index in [4.69, 9.17) is 9.47 Å². The van der Waals surface area contributed by atoms with Gasteiger partial charge in [-0.15, -0.1) is 0 Å². The molecular weight excluding hydrogens is 388 g/mol. The summed E-state index contributed by atoms with van der Waals surface area (Å²) in [4.78, 5) is 14.4. The molecular formula is C26H28N2O3. The average Bonchev–Trinajstić information content (AvgIpc) is 2.85. The highest BCUT2D eigenvalue weighted by Gasteiger charge is 2.10. The number of ether oxygens (including phenoxy) is 2. The fourth-order valence-electron chi connectivity index (χ4n) is 3.52. The van der Waals surface area contributed by atoms with E-state index in [9.17, 15) is 4.79 Å². The van der Waals surface area contributed by atoms with Gasteiger partial charge < -0.3 is 14.8 Å². The second-order valence-electron chi connectivity index (χ2n) is 7.60. The third kappa shape index (κ3) is 6.17. The zero-order valence-electron chi connectivity index (χ0n) is 17.6. The van der Waals surface area contributed by atoms with Gasteiger partial charge in [-0.25, -0.2) is 0 Å². The second kappa shape index (κ2) is 10.8. The average molecular weight is 417 g/mol. The number of amides is 1. The highest BCUT2D eigenvalue weighted by Crippen LogP contribution is 2.23. The Hall–Kier alpha value is -3.15. The van der Waals surface area contributed by atoms with E-state index < -0.39 is 0 Å². The van der Waals surface area contributed by atoms with Crippen LogP contribution in [0.5, 0.6) is 5.75 Å². The number of carbonyl (C=O) groups is 1. The lowest BCUT2D eigenvalue weighted by Crippen LogP contribution is -2.38.